The van der Waals surface area contributed by atoms with Gasteiger partial charge < -0.3 is 40.1 Å². The van der Waals surface area contributed by atoms with Crippen LogP contribution in [0.15, 0.2) is 49.3 Å². The van der Waals surface area contributed by atoms with Crippen LogP contribution in [0.4, 0.5) is 0 Å². The Bertz CT molecular complexity index is 1250. The Balaban J connectivity index is 0. The summed E-state index contributed by atoms with van der Waals surface area (Å²) in [6.07, 6.45) is 11.1. The Kier molecular flexibility index (Phi) is 20.2. The summed E-state index contributed by atoms with van der Waals surface area (Å²) in [5.74, 6) is 1.83. The van der Waals surface area contributed by atoms with Crippen LogP contribution in [-0.2, 0) is 57.9 Å². The second-order valence-electron chi connectivity index (χ2n) is 7.95. The summed E-state index contributed by atoms with van der Waals surface area (Å²) in [5.41, 5.74) is 6.27. The molecule has 4 rings (SSSR count). The van der Waals surface area contributed by atoms with Crippen molar-refractivity contribution >= 4 is 0 Å². The maximum absolute atomic E-state index is 8.25. The van der Waals surface area contributed by atoms with E-state index in [1.165, 1.54) is 0 Å². The first-order valence-corrected chi connectivity index (χ1v) is 11.5. The van der Waals surface area contributed by atoms with Crippen LogP contribution in [0.1, 0.15) is 33.6 Å². The van der Waals surface area contributed by atoms with Crippen LogP contribution in [0.5, 0.6) is 11.5 Å². The molecule has 0 saturated carbocycles. The van der Waals surface area contributed by atoms with Crippen molar-refractivity contribution in [2.24, 2.45) is 0 Å². The molecule has 0 aliphatic heterocycles. The van der Waals surface area contributed by atoms with Gasteiger partial charge in [0, 0.05) is 59.4 Å². The summed E-state index contributed by atoms with van der Waals surface area (Å²) in [6, 6.07) is 3.81. The maximum atomic E-state index is 8.25. The van der Waals surface area contributed by atoms with Gasteiger partial charge >= 0.3 is 44.8 Å². The van der Waals surface area contributed by atoms with E-state index in [0.717, 1.165) is 45.1 Å². The monoisotopic (exact) mass is 772 g/mol. The Labute approximate surface area is 272 Å². The van der Waals surface area contributed by atoms with E-state index in [9.17, 15) is 0 Å². The van der Waals surface area contributed by atoms with E-state index in [1.807, 2.05) is 74.0 Å². The minimum Gasteiger partial charge on any atom is -0.496 e. The van der Waals surface area contributed by atoms with Crippen LogP contribution in [-0.4, -0.2) is 53.9 Å². The third-order valence-corrected chi connectivity index (χ3v) is 5.24. The summed E-state index contributed by atoms with van der Waals surface area (Å²) in [7, 11) is 3.38. The van der Waals surface area contributed by atoms with E-state index in [0.29, 0.717) is 13.1 Å². The smallest absolute Gasteiger partial charge is 0.496 e. The normalized spacial score (nSPS) is 9.10. The molecule has 42 heavy (non-hydrogen) atoms. The van der Waals surface area contributed by atoms with Crippen molar-refractivity contribution in [3.05, 3.63) is 114 Å². The first-order valence-electron chi connectivity index (χ1n) is 11.5. The van der Waals surface area contributed by atoms with Crippen LogP contribution >= 0.6 is 0 Å². The molecule has 0 atom stereocenters. The number of pyridine rings is 2. The minimum absolute atomic E-state index is 0. The average molecular weight is 774 g/mol. The van der Waals surface area contributed by atoms with Crippen molar-refractivity contribution in [2.45, 2.75) is 40.8 Å². The van der Waals surface area contributed by atoms with Crippen LogP contribution in [0.25, 0.3) is 0 Å². The summed E-state index contributed by atoms with van der Waals surface area (Å²) in [6.45, 7) is 9.40. The number of nitrogens with zero attached hydrogens (tertiary/aromatic N) is 8. The van der Waals surface area contributed by atoms with Crippen molar-refractivity contribution in [1.82, 2.24) is 29.5 Å². The Morgan fingerprint density at radius 2 is 1.00 bits per heavy atom. The maximum Gasteiger partial charge on any atom is 1.00 e. The molecule has 18 heteroatoms. The summed E-state index contributed by atoms with van der Waals surface area (Å²) >= 11 is 0. The molecule has 236 valence electrons. The van der Waals surface area contributed by atoms with Crippen molar-refractivity contribution in [1.29, 1.82) is 0 Å². The molecule has 0 bridgehead atoms. The Morgan fingerprint density at radius 3 is 1.24 bits per heavy atom. The third-order valence-electron chi connectivity index (χ3n) is 5.24. The van der Waals surface area contributed by atoms with Gasteiger partial charge in [0.25, 0.3) is 0 Å². The molecule has 16 nitrogen and oxygen atoms in total. The van der Waals surface area contributed by atoms with E-state index < -0.39 is 10.2 Å². The van der Waals surface area contributed by atoms with Gasteiger partial charge in [-0.05, 0) is 39.8 Å². The molecule has 0 saturated heterocycles. The number of methoxy groups -OCH3 is 2. The van der Waals surface area contributed by atoms with E-state index in [1.54, 1.807) is 26.6 Å². The van der Waals surface area contributed by atoms with E-state index in [4.69, 9.17) is 40.1 Å². The number of aryl methyl sites for hydroxylation is 2. The zero-order chi connectivity index (χ0) is 30.2. The van der Waals surface area contributed by atoms with Crippen molar-refractivity contribution in [3.8, 4) is 11.5 Å². The van der Waals surface area contributed by atoms with Crippen LogP contribution in [0.2, 0.25) is 0 Å². The Morgan fingerprint density at radius 1 is 0.690 bits per heavy atom. The van der Waals surface area contributed by atoms with Gasteiger partial charge in [-0.2, -0.15) is 10.2 Å². The number of ether oxygens (including phenoxy) is 2. The average Bonchev–Trinajstić information content (AvgIpc) is 3.58. The first kappa shape index (κ1) is 40.3. The van der Waals surface area contributed by atoms with Gasteiger partial charge in [0.1, 0.15) is 11.5 Å². The van der Waals surface area contributed by atoms with Gasteiger partial charge in [-0.25, -0.2) is 0 Å². The van der Waals surface area contributed by atoms with Crippen molar-refractivity contribution in [2.75, 3.05) is 14.2 Å². The van der Waals surface area contributed by atoms with Crippen molar-refractivity contribution in [3.63, 3.8) is 0 Å². The quantitative estimate of drug-likeness (QED) is 0.157. The molecule has 4 heterocycles. The molecule has 0 spiro atoms. The molecule has 0 amide bonds. The molecular formula is C24H30Ag2N8O8. The fourth-order valence-electron chi connectivity index (χ4n) is 3.56. The largest absolute Gasteiger partial charge is 1.00 e. The van der Waals surface area contributed by atoms with Crippen molar-refractivity contribution < 1.29 is 64.4 Å². The molecule has 0 fully saturated rings. The first-order chi connectivity index (χ1) is 18.9. The molecule has 0 aromatic carbocycles. The molecule has 0 aliphatic rings. The second kappa shape index (κ2) is 21.0. The molecule has 4 aromatic heterocycles. The molecular weight excluding hydrogens is 744 g/mol. The van der Waals surface area contributed by atoms with Crippen LogP contribution < -0.4 is 9.47 Å². The predicted octanol–water partition coefficient (Wildman–Crippen LogP) is 3.42. The number of hydrogen-bond donors (Lipinski definition) is 0. The third kappa shape index (κ3) is 14.2. The van der Waals surface area contributed by atoms with Crippen LogP contribution in [0.3, 0.4) is 0 Å². The van der Waals surface area contributed by atoms with E-state index in [2.05, 4.69) is 20.2 Å². The summed E-state index contributed by atoms with van der Waals surface area (Å²) in [4.78, 5) is 25.3. The second-order valence-corrected chi connectivity index (χ2v) is 7.95. The fourth-order valence-corrected chi connectivity index (χ4v) is 3.56. The number of aromatic nitrogens is 6. The molecule has 0 radical (unpaired) electrons. The summed E-state index contributed by atoms with van der Waals surface area (Å²) < 4.78 is 14.4. The SMILES string of the molecule is COc1c(C)cnc(Cn2cccn2)c1C.COc1c(C)cnc(Cn2cccn2)c1C.O=[N+]([O-])[O-].O=[N+]([O-])[O-].[Ag+].[Ag+]. The summed E-state index contributed by atoms with van der Waals surface area (Å²) in [5, 5.41) is 37.8. The van der Waals surface area contributed by atoms with Crippen LogP contribution in [0, 0.1) is 58.3 Å². The molecule has 0 unspecified atom stereocenters. The molecule has 0 aliphatic carbocycles. The predicted molar refractivity (Wildman–Crippen MR) is 144 cm³/mol. The van der Waals surface area contributed by atoms with Gasteiger partial charge in [0.2, 0.25) is 0 Å². The van der Waals surface area contributed by atoms with Gasteiger partial charge in [-0.15, -0.1) is 0 Å². The zero-order valence-electron chi connectivity index (χ0n) is 23.5. The van der Waals surface area contributed by atoms with Gasteiger partial charge in [0.15, 0.2) is 0 Å². The van der Waals surface area contributed by atoms with Gasteiger partial charge in [-0.1, -0.05) is 0 Å². The zero-order valence-corrected chi connectivity index (χ0v) is 26.4. The van der Waals surface area contributed by atoms with E-state index >= 15 is 0 Å². The molecule has 0 N–H and O–H groups in total. The fraction of sp³-hybridized carbons (Fsp3) is 0.333. The standard InChI is InChI=1S/2C12H15N3O.2Ag.2NO3/c2*1-9-7-13-11(10(2)12(9)16-3)8-15-6-4-5-14-15;;;2*2-1(3)4/h2*4-7H,8H2,1-3H3;;;;/q;;2*+1;2*-1. The number of rotatable bonds is 6. The number of hydrogen-bond acceptors (Lipinski definition) is 12. The van der Waals surface area contributed by atoms with Gasteiger partial charge in [-0.3, -0.25) is 19.3 Å². The van der Waals surface area contributed by atoms with Gasteiger partial charge in [0.05, 0.1) is 48.9 Å². The molecule has 4 aromatic rings. The Hall–Kier alpha value is -3.80. The topological polar surface area (TPSA) is 212 Å². The van der Waals surface area contributed by atoms with E-state index in [-0.39, 0.29) is 44.8 Å². The minimum atomic E-state index is -1.75.